The fraction of sp³-hybridized carbons (Fsp3) is 0.360. The van der Waals surface area contributed by atoms with Crippen molar-refractivity contribution in [1.82, 2.24) is 4.57 Å². The van der Waals surface area contributed by atoms with Crippen LogP contribution in [0.2, 0.25) is 0 Å². The van der Waals surface area contributed by atoms with Crippen LogP contribution in [0.15, 0.2) is 65.6 Å². The van der Waals surface area contributed by atoms with Crippen molar-refractivity contribution in [3.8, 4) is 5.75 Å². The van der Waals surface area contributed by atoms with Crippen molar-refractivity contribution in [2.75, 3.05) is 13.2 Å². The second kappa shape index (κ2) is 11.0. The lowest BCUT2D eigenvalue weighted by atomic mass is 10.1. The van der Waals surface area contributed by atoms with Gasteiger partial charge >= 0.3 is 5.97 Å². The third-order valence-electron chi connectivity index (χ3n) is 4.82. The predicted octanol–water partition coefficient (Wildman–Crippen LogP) is 4.70. The van der Waals surface area contributed by atoms with Gasteiger partial charge in [0.15, 0.2) is 0 Å². The normalized spacial score (nSPS) is 12.1. The van der Waals surface area contributed by atoms with Crippen LogP contribution in [0, 0.1) is 0 Å². The van der Waals surface area contributed by atoms with Crippen molar-refractivity contribution in [2.45, 2.75) is 44.2 Å². The highest BCUT2D eigenvalue weighted by atomic mass is 32.2. The number of pyridine rings is 1. The van der Waals surface area contributed by atoms with Crippen LogP contribution < -0.4 is 10.3 Å². The van der Waals surface area contributed by atoms with E-state index in [4.69, 9.17) is 9.47 Å². The van der Waals surface area contributed by atoms with Gasteiger partial charge in [0.25, 0.3) is 5.56 Å². The number of carbonyl (C=O) groups is 1. The molecule has 164 valence electrons. The number of rotatable bonds is 10. The smallest absolute Gasteiger partial charge is 0.319 e. The van der Waals surface area contributed by atoms with E-state index in [9.17, 15) is 9.59 Å². The molecule has 0 saturated carbocycles. The van der Waals surface area contributed by atoms with Crippen molar-refractivity contribution in [2.24, 2.45) is 0 Å². The summed E-state index contributed by atoms with van der Waals surface area (Å²) in [6.07, 6.45) is 2.42. The minimum atomic E-state index is -0.216. The standard InChI is InChI=1S/C25H29NO4S/c1-4-29-25(28)23(31-18(2)3)17-19-9-11-21(12-10-19)30-16-15-26-14-13-20-7-5-6-8-22(20)24(26)27/h5-14,18,23H,4,15-17H2,1-3H3. The Bertz CT molecular complexity index is 1060. The second-order valence-electron chi connectivity index (χ2n) is 7.52. The van der Waals surface area contributed by atoms with Gasteiger partial charge in [0.05, 0.1) is 13.2 Å². The molecule has 1 unspecified atom stereocenters. The van der Waals surface area contributed by atoms with Crippen LogP contribution in [0.4, 0.5) is 0 Å². The maximum absolute atomic E-state index is 12.6. The van der Waals surface area contributed by atoms with Gasteiger partial charge in [0, 0.05) is 11.6 Å². The molecule has 2 aromatic carbocycles. The topological polar surface area (TPSA) is 57.5 Å². The number of aromatic nitrogens is 1. The molecule has 0 amide bonds. The Labute approximate surface area is 187 Å². The number of carbonyl (C=O) groups excluding carboxylic acids is 1. The molecule has 3 rings (SSSR count). The van der Waals surface area contributed by atoms with E-state index in [1.54, 1.807) is 22.5 Å². The first kappa shape index (κ1) is 22.9. The molecule has 0 radical (unpaired) electrons. The summed E-state index contributed by atoms with van der Waals surface area (Å²) in [5, 5.41) is 1.78. The Morgan fingerprint density at radius 1 is 1.06 bits per heavy atom. The highest BCUT2D eigenvalue weighted by molar-refractivity contribution is 8.01. The van der Waals surface area contributed by atoms with E-state index in [-0.39, 0.29) is 16.8 Å². The summed E-state index contributed by atoms with van der Waals surface area (Å²) in [5.74, 6) is 0.573. The molecule has 31 heavy (non-hydrogen) atoms. The zero-order chi connectivity index (χ0) is 22.2. The van der Waals surface area contributed by atoms with Crippen molar-refractivity contribution in [3.63, 3.8) is 0 Å². The third-order valence-corrected chi connectivity index (χ3v) is 6.05. The molecule has 0 spiro atoms. The first-order chi connectivity index (χ1) is 15.0. The summed E-state index contributed by atoms with van der Waals surface area (Å²) in [6.45, 7) is 7.24. The molecule has 1 aromatic heterocycles. The minimum absolute atomic E-state index is 0.00953. The van der Waals surface area contributed by atoms with Gasteiger partial charge in [-0.1, -0.05) is 44.2 Å². The maximum atomic E-state index is 12.6. The molecular formula is C25H29NO4S. The number of hydrogen-bond acceptors (Lipinski definition) is 5. The van der Waals surface area contributed by atoms with Gasteiger partial charge in [0.1, 0.15) is 17.6 Å². The minimum Gasteiger partial charge on any atom is -0.492 e. The Morgan fingerprint density at radius 2 is 1.81 bits per heavy atom. The number of esters is 1. The molecule has 5 nitrogen and oxygen atoms in total. The third kappa shape index (κ3) is 6.37. The van der Waals surface area contributed by atoms with Gasteiger partial charge < -0.3 is 14.0 Å². The van der Waals surface area contributed by atoms with Crippen molar-refractivity contribution >= 4 is 28.5 Å². The Hall–Kier alpha value is -2.73. The van der Waals surface area contributed by atoms with Crippen LogP contribution in [0.25, 0.3) is 10.8 Å². The lowest BCUT2D eigenvalue weighted by Crippen LogP contribution is -2.24. The first-order valence-corrected chi connectivity index (χ1v) is 11.5. The SMILES string of the molecule is CCOC(=O)C(Cc1ccc(OCCn2ccc3ccccc3c2=O)cc1)SC(C)C. The Balaban J connectivity index is 1.57. The number of ether oxygens (including phenoxy) is 2. The van der Waals surface area contributed by atoms with Gasteiger partial charge in [0.2, 0.25) is 0 Å². The molecular weight excluding hydrogens is 410 g/mol. The van der Waals surface area contributed by atoms with Crippen LogP contribution in [0.5, 0.6) is 5.75 Å². The molecule has 0 aliphatic heterocycles. The van der Waals surface area contributed by atoms with Crippen LogP contribution in [-0.4, -0.2) is 34.3 Å². The summed E-state index contributed by atoms with van der Waals surface area (Å²) in [7, 11) is 0. The summed E-state index contributed by atoms with van der Waals surface area (Å²) < 4.78 is 12.7. The van der Waals surface area contributed by atoms with E-state index in [1.807, 2.05) is 61.5 Å². The lowest BCUT2D eigenvalue weighted by Gasteiger charge is -2.17. The van der Waals surface area contributed by atoms with Crippen molar-refractivity contribution in [3.05, 3.63) is 76.7 Å². The zero-order valence-corrected chi connectivity index (χ0v) is 19.1. The zero-order valence-electron chi connectivity index (χ0n) is 18.2. The van der Waals surface area contributed by atoms with Crippen molar-refractivity contribution in [1.29, 1.82) is 0 Å². The molecule has 3 aromatic rings. The fourth-order valence-corrected chi connectivity index (χ4v) is 4.48. The Morgan fingerprint density at radius 3 is 2.52 bits per heavy atom. The van der Waals surface area contributed by atoms with Gasteiger partial charge in [-0.2, -0.15) is 0 Å². The molecule has 6 heteroatoms. The summed E-state index contributed by atoms with van der Waals surface area (Å²) in [4.78, 5) is 24.8. The van der Waals surface area contributed by atoms with Gasteiger partial charge in [-0.15, -0.1) is 11.8 Å². The Kier molecular flexibility index (Phi) is 8.18. The van der Waals surface area contributed by atoms with Crippen LogP contribution in [0.3, 0.4) is 0 Å². The predicted molar refractivity (Wildman–Crippen MR) is 127 cm³/mol. The number of fused-ring (bicyclic) bond motifs is 1. The van der Waals surface area contributed by atoms with Gasteiger partial charge in [-0.05, 0) is 53.8 Å². The molecule has 0 aliphatic carbocycles. The molecule has 1 atom stereocenters. The van der Waals surface area contributed by atoms with Crippen LogP contribution in [0.1, 0.15) is 26.3 Å². The van der Waals surface area contributed by atoms with E-state index < -0.39 is 0 Å². The summed E-state index contributed by atoms with van der Waals surface area (Å²) >= 11 is 1.62. The van der Waals surface area contributed by atoms with Crippen LogP contribution in [-0.2, 0) is 22.5 Å². The average Bonchev–Trinajstić information content (AvgIpc) is 2.76. The summed E-state index contributed by atoms with van der Waals surface area (Å²) in [5.41, 5.74) is 1.05. The molecule has 0 saturated heterocycles. The van der Waals surface area contributed by atoms with E-state index >= 15 is 0 Å². The van der Waals surface area contributed by atoms with E-state index in [0.717, 1.165) is 16.7 Å². The quantitative estimate of drug-likeness (QED) is 0.429. The molecule has 1 heterocycles. The average molecular weight is 440 g/mol. The first-order valence-electron chi connectivity index (χ1n) is 10.6. The van der Waals surface area contributed by atoms with Crippen LogP contribution >= 0.6 is 11.8 Å². The molecule has 0 N–H and O–H groups in total. The number of hydrogen-bond donors (Lipinski definition) is 0. The van der Waals surface area contributed by atoms with Gasteiger partial charge in [-0.3, -0.25) is 9.59 Å². The monoisotopic (exact) mass is 439 g/mol. The van der Waals surface area contributed by atoms with E-state index in [1.165, 1.54) is 0 Å². The largest absolute Gasteiger partial charge is 0.492 e. The number of benzene rings is 2. The molecule has 0 fully saturated rings. The van der Waals surface area contributed by atoms with E-state index in [0.29, 0.717) is 36.8 Å². The highest BCUT2D eigenvalue weighted by Crippen LogP contribution is 2.23. The molecule has 0 aliphatic rings. The maximum Gasteiger partial charge on any atom is 0.319 e. The van der Waals surface area contributed by atoms with Gasteiger partial charge in [-0.25, -0.2) is 0 Å². The van der Waals surface area contributed by atoms with Crippen molar-refractivity contribution < 1.29 is 14.3 Å². The highest BCUT2D eigenvalue weighted by Gasteiger charge is 2.22. The number of thioether (sulfide) groups is 1. The second-order valence-corrected chi connectivity index (χ2v) is 9.31. The van der Waals surface area contributed by atoms with E-state index in [2.05, 4.69) is 13.8 Å². The summed E-state index contributed by atoms with van der Waals surface area (Å²) in [6, 6.07) is 17.3. The molecule has 0 bridgehead atoms. The fourth-order valence-electron chi connectivity index (χ4n) is 3.35. The lowest BCUT2D eigenvalue weighted by molar-refractivity contribution is -0.142. The number of nitrogens with zero attached hydrogens (tertiary/aromatic N) is 1.